The Morgan fingerprint density at radius 3 is 2.67 bits per heavy atom. The number of fused-ring (bicyclic) bond motifs is 1. The first-order valence-electron chi connectivity index (χ1n) is 6.24. The van der Waals surface area contributed by atoms with Crippen LogP contribution in [0.15, 0.2) is 41.6 Å². The SMILES string of the molecule is Cn1c(-c2cncc(N)c2)nc2c(S(C)(=O)=O)cccc21. The Kier molecular flexibility index (Phi) is 2.94. The van der Waals surface area contributed by atoms with Gasteiger partial charge in [-0.3, -0.25) is 4.98 Å². The van der Waals surface area contributed by atoms with E-state index in [0.29, 0.717) is 17.0 Å². The van der Waals surface area contributed by atoms with Gasteiger partial charge in [-0.05, 0) is 18.2 Å². The van der Waals surface area contributed by atoms with Gasteiger partial charge in [0.15, 0.2) is 9.84 Å². The molecular formula is C14H14N4O2S. The fourth-order valence-electron chi connectivity index (χ4n) is 2.33. The van der Waals surface area contributed by atoms with Crippen molar-refractivity contribution in [2.24, 2.45) is 7.05 Å². The second kappa shape index (κ2) is 4.56. The molecule has 0 aliphatic carbocycles. The highest BCUT2D eigenvalue weighted by molar-refractivity contribution is 7.91. The third kappa shape index (κ3) is 2.25. The molecule has 0 radical (unpaired) electrons. The number of anilines is 1. The molecule has 0 unspecified atom stereocenters. The molecule has 7 heteroatoms. The zero-order valence-corrected chi connectivity index (χ0v) is 12.4. The molecule has 0 aliphatic heterocycles. The van der Waals surface area contributed by atoms with Gasteiger partial charge in [0.25, 0.3) is 0 Å². The first-order valence-corrected chi connectivity index (χ1v) is 8.13. The molecule has 0 aliphatic rings. The van der Waals surface area contributed by atoms with Gasteiger partial charge in [0.05, 0.1) is 16.1 Å². The molecule has 0 bridgehead atoms. The molecule has 0 saturated heterocycles. The summed E-state index contributed by atoms with van der Waals surface area (Å²) in [5, 5.41) is 0. The van der Waals surface area contributed by atoms with E-state index in [0.717, 1.165) is 11.1 Å². The van der Waals surface area contributed by atoms with Gasteiger partial charge in [0.1, 0.15) is 11.3 Å². The zero-order valence-electron chi connectivity index (χ0n) is 11.6. The Bertz CT molecular complexity index is 945. The normalized spacial score (nSPS) is 11.9. The number of nitrogens with zero attached hydrogens (tertiary/aromatic N) is 3. The van der Waals surface area contributed by atoms with Gasteiger partial charge in [-0.25, -0.2) is 13.4 Å². The lowest BCUT2D eigenvalue weighted by atomic mass is 10.2. The molecule has 2 N–H and O–H groups in total. The fourth-order valence-corrected chi connectivity index (χ4v) is 3.15. The van der Waals surface area contributed by atoms with Crippen LogP contribution < -0.4 is 5.73 Å². The largest absolute Gasteiger partial charge is 0.397 e. The summed E-state index contributed by atoms with van der Waals surface area (Å²) in [5.41, 5.74) is 8.22. The standard InChI is InChI=1S/C14H14N4O2S/c1-18-11-4-3-5-12(21(2,19)20)13(11)17-14(18)9-6-10(15)8-16-7-9/h3-8H,15H2,1-2H3. The van der Waals surface area contributed by atoms with Crippen LogP contribution in [0, 0.1) is 0 Å². The number of pyridine rings is 1. The van der Waals surface area contributed by atoms with Crippen molar-refractivity contribution in [1.29, 1.82) is 0 Å². The van der Waals surface area contributed by atoms with Crippen molar-refractivity contribution in [2.45, 2.75) is 4.90 Å². The number of sulfone groups is 1. The van der Waals surface area contributed by atoms with Gasteiger partial charge >= 0.3 is 0 Å². The maximum atomic E-state index is 11.9. The molecule has 108 valence electrons. The van der Waals surface area contributed by atoms with Gasteiger partial charge in [0, 0.05) is 31.3 Å². The lowest BCUT2D eigenvalue weighted by Crippen LogP contribution is -1.98. The Morgan fingerprint density at radius 2 is 2.00 bits per heavy atom. The van der Waals surface area contributed by atoms with Crippen molar-refractivity contribution in [2.75, 3.05) is 12.0 Å². The van der Waals surface area contributed by atoms with E-state index >= 15 is 0 Å². The van der Waals surface area contributed by atoms with Crippen molar-refractivity contribution in [3.8, 4) is 11.4 Å². The van der Waals surface area contributed by atoms with Crippen molar-refractivity contribution in [3.63, 3.8) is 0 Å². The molecule has 0 fully saturated rings. The molecule has 0 saturated carbocycles. The molecule has 2 aromatic heterocycles. The third-order valence-electron chi connectivity index (χ3n) is 3.29. The zero-order chi connectivity index (χ0) is 15.2. The smallest absolute Gasteiger partial charge is 0.177 e. The number of hydrogen-bond acceptors (Lipinski definition) is 5. The topological polar surface area (TPSA) is 90.9 Å². The van der Waals surface area contributed by atoms with Crippen LogP contribution >= 0.6 is 0 Å². The maximum absolute atomic E-state index is 11.9. The minimum atomic E-state index is -3.34. The summed E-state index contributed by atoms with van der Waals surface area (Å²) in [7, 11) is -1.51. The van der Waals surface area contributed by atoms with Crippen LogP contribution in [0.25, 0.3) is 22.4 Å². The van der Waals surface area contributed by atoms with E-state index in [1.807, 2.05) is 17.7 Å². The lowest BCUT2D eigenvalue weighted by molar-refractivity contribution is 0.602. The number of aromatic nitrogens is 3. The predicted octanol–water partition coefficient (Wildman–Crippen LogP) is 1.62. The summed E-state index contributed by atoms with van der Waals surface area (Å²) in [5.74, 6) is 0.626. The highest BCUT2D eigenvalue weighted by atomic mass is 32.2. The Hall–Kier alpha value is -2.41. The molecule has 21 heavy (non-hydrogen) atoms. The molecular weight excluding hydrogens is 288 g/mol. The summed E-state index contributed by atoms with van der Waals surface area (Å²) < 4.78 is 25.6. The first-order chi connectivity index (χ1) is 9.88. The number of aryl methyl sites for hydroxylation is 1. The van der Waals surface area contributed by atoms with Crippen molar-refractivity contribution in [1.82, 2.24) is 14.5 Å². The first kappa shape index (κ1) is 13.6. The number of nitrogen functional groups attached to an aromatic ring is 1. The molecule has 1 aromatic carbocycles. The monoisotopic (exact) mass is 302 g/mol. The number of rotatable bonds is 2. The van der Waals surface area contributed by atoms with E-state index in [1.165, 1.54) is 6.26 Å². The van der Waals surface area contributed by atoms with Gasteiger partial charge in [-0.1, -0.05) is 6.07 Å². The van der Waals surface area contributed by atoms with Crippen LogP contribution in [0.2, 0.25) is 0 Å². The molecule has 0 atom stereocenters. The second-order valence-corrected chi connectivity index (χ2v) is 6.88. The number of imidazole rings is 1. The minimum Gasteiger partial charge on any atom is -0.397 e. The molecule has 2 heterocycles. The van der Waals surface area contributed by atoms with Crippen LogP contribution in [-0.2, 0) is 16.9 Å². The van der Waals surface area contributed by atoms with E-state index in [4.69, 9.17) is 5.73 Å². The van der Waals surface area contributed by atoms with Crippen molar-refractivity contribution >= 4 is 26.6 Å². The predicted molar refractivity (Wildman–Crippen MR) is 81.5 cm³/mol. The summed E-state index contributed by atoms with van der Waals surface area (Å²) >= 11 is 0. The van der Waals surface area contributed by atoms with Crippen molar-refractivity contribution < 1.29 is 8.42 Å². The summed E-state index contributed by atoms with van der Waals surface area (Å²) in [6.07, 6.45) is 4.38. The van der Waals surface area contributed by atoms with Crippen LogP contribution in [0.4, 0.5) is 5.69 Å². The van der Waals surface area contributed by atoms with Crippen LogP contribution in [-0.4, -0.2) is 29.2 Å². The number of benzene rings is 1. The highest BCUT2D eigenvalue weighted by Crippen LogP contribution is 2.28. The fraction of sp³-hybridized carbons (Fsp3) is 0.143. The van der Waals surface area contributed by atoms with E-state index < -0.39 is 9.84 Å². The number of hydrogen-bond donors (Lipinski definition) is 1. The molecule has 0 spiro atoms. The lowest BCUT2D eigenvalue weighted by Gasteiger charge is -2.02. The van der Waals surface area contributed by atoms with E-state index in [2.05, 4.69) is 9.97 Å². The quantitative estimate of drug-likeness (QED) is 0.776. The average molecular weight is 302 g/mol. The van der Waals surface area contributed by atoms with Gasteiger partial charge in [-0.2, -0.15) is 0 Å². The summed E-state index contributed by atoms with van der Waals surface area (Å²) in [4.78, 5) is 8.75. The molecule has 3 rings (SSSR count). The number of para-hydroxylation sites is 1. The highest BCUT2D eigenvalue weighted by Gasteiger charge is 2.18. The number of nitrogens with two attached hydrogens (primary N) is 1. The minimum absolute atomic E-state index is 0.221. The second-order valence-electron chi connectivity index (χ2n) is 4.90. The van der Waals surface area contributed by atoms with E-state index in [1.54, 1.807) is 30.6 Å². The van der Waals surface area contributed by atoms with Crippen LogP contribution in [0.3, 0.4) is 0 Å². The van der Waals surface area contributed by atoms with Gasteiger partial charge in [-0.15, -0.1) is 0 Å². The Balaban J connectivity index is 2.35. The Labute approximate surface area is 122 Å². The maximum Gasteiger partial charge on any atom is 0.177 e. The summed E-state index contributed by atoms with van der Waals surface area (Å²) in [6, 6.07) is 6.86. The average Bonchev–Trinajstić information content (AvgIpc) is 2.75. The van der Waals surface area contributed by atoms with Gasteiger partial charge in [0.2, 0.25) is 0 Å². The van der Waals surface area contributed by atoms with E-state index in [-0.39, 0.29) is 4.90 Å². The van der Waals surface area contributed by atoms with Crippen molar-refractivity contribution in [3.05, 3.63) is 36.7 Å². The Morgan fingerprint density at radius 1 is 1.24 bits per heavy atom. The molecule has 3 aromatic rings. The van der Waals surface area contributed by atoms with Crippen LogP contribution in [0.5, 0.6) is 0 Å². The molecule has 0 amide bonds. The van der Waals surface area contributed by atoms with E-state index in [9.17, 15) is 8.42 Å². The van der Waals surface area contributed by atoms with Crippen LogP contribution in [0.1, 0.15) is 0 Å². The third-order valence-corrected chi connectivity index (χ3v) is 4.42. The summed E-state index contributed by atoms with van der Waals surface area (Å²) in [6.45, 7) is 0. The molecule has 6 nitrogen and oxygen atoms in total. The van der Waals surface area contributed by atoms with Gasteiger partial charge < -0.3 is 10.3 Å².